The highest BCUT2D eigenvalue weighted by atomic mass is 35.5. The zero-order chi connectivity index (χ0) is 16.8. The van der Waals surface area contributed by atoms with Gasteiger partial charge in [0.05, 0.1) is 24.9 Å². The second kappa shape index (κ2) is 7.94. The molecule has 1 aromatic heterocycles. The van der Waals surface area contributed by atoms with E-state index in [9.17, 15) is 9.90 Å². The molecule has 1 heterocycles. The molecule has 6 nitrogen and oxygen atoms in total. The lowest BCUT2D eigenvalue weighted by atomic mass is 10.1. The summed E-state index contributed by atoms with van der Waals surface area (Å²) in [5.74, 6) is -0.223. The second-order valence-electron chi connectivity index (χ2n) is 4.61. The number of hydrogen-bond acceptors (Lipinski definition) is 7. The predicted molar refractivity (Wildman–Crippen MR) is 91.5 cm³/mol. The number of phenols is 1. The van der Waals surface area contributed by atoms with Crippen LogP contribution in [0.3, 0.4) is 0 Å². The van der Waals surface area contributed by atoms with Gasteiger partial charge in [-0.3, -0.25) is 10.2 Å². The Morgan fingerprint density at radius 1 is 1.57 bits per heavy atom. The first-order valence-corrected chi connectivity index (χ1v) is 8.14. The van der Waals surface area contributed by atoms with E-state index in [0.29, 0.717) is 33.6 Å². The third-order valence-electron chi connectivity index (χ3n) is 2.94. The number of hydrazone groups is 1. The first-order chi connectivity index (χ1) is 11.0. The van der Waals surface area contributed by atoms with E-state index in [1.807, 2.05) is 0 Å². The second-order valence-corrected chi connectivity index (χ2v) is 5.87. The Labute approximate surface area is 142 Å². The maximum Gasteiger partial charge on any atom is 0.311 e. The lowest BCUT2D eigenvalue weighted by molar-refractivity contribution is -0.142. The number of thiazole rings is 1. The summed E-state index contributed by atoms with van der Waals surface area (Å²) in [6, 6.07) is 3.36. The molecule has 1 aromatic carbocycles. The van der Waals surface area contributed by atoms with Gasteiger partial charge in [-0.15, -0.1) is 11.3 Å². The van der Waals surface area contributed by atoms with Crippen molar-refractivity contribution in [1.82, 2.24) is 4.98 Å². The van der Waals surface area contributed by atoms with E-state index in [4.69, 9.17) is 16.3 Å². The van der Waals surface area contributed by atoms with Crippen LogP contribution in [0.4, 0.5) is 5.13 Å². The Bertz CT molecular complexity index is 731. The van der Waals surface area contributed by atoms with Crippen LogP contribution in [0, 0.1) is 6.92 Å². The zero-order valence-corrected chi connectivity index (χ0v) is 14.2. The molecule has 2 rings (SSSR count). The van der Waals surface area contributed by atoms with Crippen LogP contribution < -0.4 is 5.43 Å². The number of rotatable bonds is 6. The van der Waals surface area contributed by atoms with Crippen molar-refractivity contribution < 1.29 is 14.6 Å². The minimum Gasteiger partial charge on any atom is -0.507 e. The number of ether oxygens (including phenoxy) is 1. The highest BCUT2D eigenvalue weighted by Gasteiger charge is 2.08. The summed E-state index contributed by atoms with van der Waals surface area (Å²) in [6.45, 7) is 3.84. The highest BCUT2D eigenvalue weighted by molar-refractivity contribution is 7.13. The van der Waals surface area contributed by atoms with Gasteiger partial charge in [0, 0.05) is 21.5 Å². The molecular formula is C15H16ClN3O3S. The van der Waals surface area contributed by atoms with Crippen LogP contribution in [0.15, 0.2) is 22.6 Å². The Morgan fingerprint density at radius 3 is 3.09 bits per heavy atom. The number of carbonyl (C=O) groups is 1. The number of carbonyl (C=O) groups excluding carboxylic acids is 1. The summed E-state index contributed by atoms with van der Waals surface area (Å²) in [6.07, 6.45) is 1.61. The Morgan fingerprint density at radius 2 is 2.35 bits per heavy atom. The van der Waals surface area contributed by atoms with Crippen LogP contribution in [0.1, 0.15) is 23.7 Å². The van der Waals surface area contributed by atoms with E-state index in [1.165, 1.54) is 17.6 Å². The smallest absolute Gasteiger partial charge is 0.311 e. The van der Waals surface area contributed by atoms with E-state index < -0.39 is 0 Å². The molecule has 8 heteroatoms. The van der Waals surface area contributed by atoms with Crippen LogP contribution in [-0.4, -0.2) is 28.9 Å². The van der Waals surface area contributed by atoms with Gasteiger partial charge >= 0.3 is 5.97 Å². The maximum absolute atomic E-state index is 11.4. The average molecular weight is 354 g/mol. The minimum atomic E-state index is -0.311. The van der Waals surface area contributed by atoms with E-state index in [0.717, 1.165) is 0 Å². The molecular weight excluding hydrogens is 338 g/mol. The predicted octanol–water partition coefficient (Wildman–Crippen LogP) is 3.36. The molecule has 0 bridgehead atoms. The van der Waals surface area contributed by atoms with Crippen molar-refractivity contribution in [2.75, 3.05) is 12.0 Å². The van der Waals surface area contributed by atoms with Gasteiger partial charge in [0.25, 0.3) is 0 Å². The molecule has 2 N–H and O–H groups in total. The summed E-state index contributed by atoms with van der Waals surface area (Å²) in [4.78, 5) is 15.6. The molecule has 0 aliphatic carbocycles. The SMILES string of the molecule is CCOC(=O)Cc1csc(NN=Cc2ccc(Cl)c(C)c2O)n1. The van der Waals surface area contributed by atoms with Gasteiger partial charge in [0.2, 0.25) is 5.13 Å². The molecule has 23 heavy (non-hydrogen) atoms. The number of benzene rings is 1. The molecule has 0 spiro atoms. The van der Waals surface area contributed by atoms with Crippen molar-refractivity contribution in [2.45, 2.75) is 20.3 Å². The first-order valence-electron chi connectivity index (χ1n) is 6.88. The van der Waals surface area contributed by atoms with Gasteiger partial charge < -0.3 is 9.84 Å². The van der Waals surface area contributed by atoms with Gasteiger partial charge in [-0.1, -0.05) is 11.6 Å². The fraction of sp³-hybridized carbons (Fsp3) is 0.267. The van der Waals surface area contributed by atoms with Crippen molar-refractivity contribution >= 4 is 40.3 Å². The fourth-order valence-electron chi connectivity index (χ4n) is 1.76. The standard InChI is InChI=1S/C15H16ClN3O3S/c1-3-22-13(20)6-11-8-23-15(18-11)19-17-7-10-4-5-12(16)9(2)14(10)21/h4-5,7-8,21H,3,6H2,1-2H3,(H,18,19). The van der Waals surface area contributed by atoms with Gasteiger partial charge in [0.15, 0.2) is 0 Å². The zero-order valence-electron chi connectivity index (χ0n) is 12.7. The third-order valence-corrected chi connectivity index (χ3v) is 4.15. The van der Waals surface area contributed by atoms with Crippen LogP contribution in [0.2, 0.25) is 5.02 Å². The number of anilines is 1. The molecule has 0 aliphatic heterocycles. The highest BCUT2D eigenvalue weighted by Crippen LogP contribution is 2.27. The Kier molecular flexibility index (Phi) is 5.95. The molecule has 0 atom stereocenters. The Hall–Kier alpha value is -2.12. The summed E-state index contributed by atoms with van der Waals surface area (Å²) >= 11 is 7.24. The topological polar surface area (TPSA) is 83.8 Å². The molecule has 0 saturated heterocycles. The number of nitrogens with zero attached hydrogens (tertiary/aromatic N) is 2. The summed E-state index contributed by atoms with van der Waals surface area (Å²) in [7, 11) is 0. The molecule has 0 saturated carbocycles. The van der Waals surface area contributed by atoms with Crippen LogP contribution in [0.25, 0.3) is 0 Å². The molecule has 0 amide bonds. The van der Waals surface area contributed by atoms with Gasteiger partial charge in [-0.05, 0) is 26.0 Å². The van der Waals surface area contributed by atoms with Crippen LogP contribution >= 0.6 is 22.9 Å². The molecule has 0 fully saturated rings. The van der Waals surface area contributed by atoms with Crippen molar-refractivity contribution in [1.29, 1.82) is 0 Å². The molecule has 122 valence electrons. The largest absolute Gasteiger partial charge is 0.507 e. The number of esters is 1. The summed E-state index contributed by atoms with van der Waals surface area (Å²) in [5.41, 5.74) is 4.53. The number of halogens is 1. The summed E-state index contributed by atoms with van der Waals surface area (Å²) in [5, 5.41) is 16.8. The number of hydrogen-bond donors (Lipinski definition) is 2. The number of nitrogens with one attached hydrogen (secondary N) is 1. The van der Waals surface area contributed by atoms with E-state index in [1.54, 1.807) is 31.4 Å². The lowest BCUT2D eigenvalue weighted by Crippen LogP contribution is -2.07. The summed E-state index contributed by atoms with van der Waals surface area (Å²) < 4.78 is 4.87. The minimum absolute atomic E-state index is 0.0881. The number of aromatic hydroxyl groups is 1. The fourth-order valence-corrected chi connectivity index (χ4v) is 2.57. The average Bonchev–Trinajstić information content (AvgIpc) is 2.95. The van der Waals surface area contributed by atoms with Crippen molar-refractivity contribution in [3.63, 3.8) is 0 Å². The van der Waals surface area contributed by atoms with E-state index in [2.05, 4.69) is 15.5 Å². The monoisotopic (exact) mass is 353 g/mol. The number of aromatic nitrogens is 1. The van der Waals surface area contributed by atoms with Crippen molar-refractivity contribution in [3.8, 4) is 5.75 Å². The molecule has 0 radical (unpaired) electrons. The van der Waals surface area contributed by atoms with Gasteiger partial charge in [-0.2, -0.15) is 5.10 Å². The normalized spacial score (nSPS) is 10.9. The van der Waals surface area contributed by atoms with E-state index >= 15 is 0 Å². The first kappa shape index (κ1) is 17.2. The molecule has 0 unspecified atom stereocenters. The van der Waals surface area contributed by atoms with Gasteiger partial charge in [0.1, 0.15) is 5.75 Å². The van der Waals surface area contributed by atoms with Crippen LogP contribution in [0.5, 0.6) is 5.75 Å². The molecule has 0 aliphatic rings. The van der Waals surface area contributed by atoms with Crippen LogP contribution in [-0.2, 0) is 16.0 Å². The third kappa shape index (κ3) is 4.67. The van der Waals surface area contributed by atoms with Gasteiger partial charge in [-0.25, -0.2) is 4.98 Å². The molecule has 2 aromatic rings. The number of phenolic OH excluding ortho intramolecular Hbond substituents is 1. The van der Waals surface area contributed by atoms with E-state index in [-0.39, 0.29) is 18.1 Å². The van der Waals surface area contributed by atoms with Crippen molar-refractivity contribution in [2.24, 2.45) is 5.10 Å². The Balaban J connectivity index is 1.97. The lowest BCUT2D eigenvalue weighted by Gasteiger charge is -2.04. The van der Waals surface area contributed by atoms with Crippen molar-refractivity contribution in [3.05, 3.63) is 39.4 Å². The quantitative estimate of drug-likeness (QED) is 0.472. The maximum atomic E-state index is 11.4.